The first-order valence-electron chi connectivity index (χ1n) is 7.01. The molecule has 1 rings (SSSR count). The van der Waals surface area contributed by atoms with E-state index >= 15 is 0 Å². The van der Waals surface area contributed by atoms with Crippen LogP contribution in [0.15, 0.2) is 0 Å². The Morgan fingerprint density at radius 2 is 2.00 bits per heavy atom. The largest absolute Gasteiger partial charge is 0.481 e. The number of nitrogens with zero attached hydrogens (tertiary/aromatic N) is 1. The van der Waals surface area contributed by atoms with Crippen molar-refractivity contribution in [2.45, 2.75) is 44.6 Å². The molecule has 1 aliphatic rings. The molecular weight excluding hydrogens is 262 g/mol. The maximum absolute atomic E-state index is 12.1. The van der Waals surface area contributed by atoms with Crippen LogP contribution in [-0.4, -0.2) is 54.1 Å². The molecular formula is C13H23N3O4. The van der Waals surface area contributed by atoms with Crippen molar-refractivity contribution in [2.24, 2.45) is 0 Å². The van der Waals surface area contributed by atoms with Crippen LogP contribution in [0.3, 0.4) is 0 Å². The van der Waals surface area contributed by atoms with Crippen LogP contribution in [-0.2, 0) is 9.59 Å². The van der Waals surface area contributed by atoms with E-state index in [0.29, 0.717) is 19.5 Å². The highest BCUT2D eigenvalue weighted by Crippen LogP contribution is 2.20. The lowest BCUT2D eigenvalue weighted by Crippen LogP contribution is -2.49. The van der Waals surface area contributed by atoms with Gasteiger partial charge in [0.2, 0.25) is 5.91 Å². The van der Waals surface area contributed by atoms with Gasteiger partial charge in [-0.25, -0.2) is 4.79 Å². The standard InChI is InChI=1S/C13H23N3O4/c1-14-11(17)7-8-15-13(20)16-9-3-2-4-10(16)5-6-12(18)19/h10H,2-9H2,1H3,(H,14,17)(H,15,20)(H,18,19). The van der Waals surface area contributed by atoms with Crippen LogP contribution in [0.4, 0.5) is 4.79 Å². The highest BCUT2D eigenvalue weighted by atomic mass is 16.4. The Bertz CT molecular complexity index is 360. The van der Waals surface area contributed by atoms with Crippen LogP contribution in [0.25, 0.3) is 0 Å². The van der Waals surface area contributed by atoms with Crippen molar-refractivity contribution < 1.29 is 19.5 Å². The molecule has 0 aromatic carbocycles. The second-order valence-electron chi connectivity index (χ2n) is 4.93. The van der Waals surface area contributed by atoms with Crippen molar-refractivity contribution in [2.75, 3.05) is 20.1 Å². The van der Waals surface area contributed by atoms with Gasteiger partial charge in [0.05, 0.1) is 0 Å². The molecule has 3 amide bonds. The molecule has 1 saturated heterocycles. The first-order valence-corrected chi connectivity index (χ1v) is 7.01. The molecule has 1 heterocycles. The van der Waals surface area contributed by atoms with Gasteiger partial charge in [0, 0.05) is 39.0 Å². The highest BCUT2D eigenvalue weighted by Gasteiger charge is 2.26. The molecule has 0 aromatic rings. The van der Waals surface area contributed by atoms with E-state index in [1.54, 1.807) is 11.9 Å². The summed E-state index contributed by atoms with van der Waals surface area (Å²) in [5.41, 5.74) is 0. The first-order chi connectivity index (χ1) is 9.54. The molecule has 7 nitrogen and oxygen atoms in total. The molecule has 0 bridgehead atoms. The van der Waals surface area contributed by atoms with Crippen molar-refractivity contribution in [1.82, 2.24) is 15.5 Å². The molecule has 0 spiro atoms. The fraction of sp³-hybridized carbons (Fsp3) is 0.769. The van der Waals surface area contributed by atoms with E-state index in [2.05, 4.69) is 10.6 Å². The Kier molecular flexibility index (Phi) is 6.83. The summed E-state index contributed by atoms with van der Waals surface area (Å²) < 4.78 is 0. The first kappa shape index (κ1) is 16.3. The van der Waals surface area contributed by atoms with Crippen molar-refractivity contribution in [3.8, 4) is 0 Å². The number of rotatable bonds is 6. The lowest BCUT2D eigenvalue weighted by Gasteiger charge is -2.35. The highest BCUT2D eigenvalue weighted by molar-refractivity contribution is 5.78. The van der Waals surface area contributed by atoms with Gasteiger partial charge in [0.1, 0.15) is 0 Å². The number of urea groups is 1. The van der Waals surface area contributed by atoms with Crippen molar-refractivity contribution in [3.05, 3.63) is 0 Å². The molecule has 3 N–H and O–H groups in total. The molecule has 0 aliphatic carbocycles. The van der Waals surface area contributed by atoms with Crippen molar-refractivity contribution >= 4 is 17.9 Å². The Hall–Kier alpha value is -1.79. The number of carboxylic acid groups (broad SMARTS) is 1. The van der Waals surface area contributed by atoms with Gasteiger partial charge in [0.15, 0.2) is 0 Å². The minimum absolute atomic E-state index is 0.0140. The summed E-state index contributed by atoms with van der Waals surface area (Å²) in [6.07, 6.45) is 3.61. The van der Waals surface area contributed by atoms with Crippen LogP contribution in [0.2, 0.25) is 0 Å². The summed E-state index contributed by atoms with van der Waals surface area (Å²) in [7, 11) is 1.55. The number of piperidine rings is 1. The van der Waals surface area contributed by atoms with Gasteiger partial charge in [-0.3, -0.25) is 9.59 Å². The zero-order valence-electron chi connectivity index (χ0n) is 11.9. The molecule has 0 saturated carbocycles. The Morgan fingerprint density at radius 3 is 2.65 bits per heavy atom. The molecule has 114 valence electrons. The molecule has 1 unspecified atom stereocenters. The molecule has 1 atom stereocenters. The van der Waals surface area contributed by atoms with E-state index in [9.17, 15) is 14.4 Å². The van der Waals surface area contributed by atoms with Crippen LogP contribution >= 0.6 is 0 Å². The van der Waals surface area contributed by atoms with E-state index in [1.807, 2.05) is 0 Å². The normalized spacial score (nSPS) is 18.4. The number of nitrogens with one attached hydrogen (secondary N) is 2. The van der Waals surface area contributed by atoms with Gasteiger partial charge in [0.25, 0.3) is 0 Å². The third-order valence-corrected chi connectivity index (χ3v) is 3.49. The zero-order valence-corrected chi connectivity index (χ0v) is 11.9. The number of amides is 3. The van der Waals surface area contributed by atoms with Crippen molar-refractivity contribution in [1.29, 1.82) is 0 Å². The average molecular weight is 285 g/mol. The van der Waals surface area contributed by atoms with Crippen LogP contribution in [0, 0.1) is 0 Å². The summed E-state index contributed by atoms with van der Waals surface area (Å²) in [4.78, 5) is 35.5. The molecule has 7 heteroatoms. The minimum atomic E-state index is -0.837. The fourth-order valence-electron chi connectivity index (χ4n) is 2.37. The Labute approximate surface area is 118 Å². The van der Waals surface area contributed by atoms with E-state index in [1.165, 1.54) is 0 Å². The topological polar surface area (TPSA) is 98.7 Å². The van der Waals surface area contributed by atoms with E-state index in [4.69, 9.17) is 5.11 Å². The van der Waals surface area contributed by atoms with Crippen molar-refractivity contribution in [3.63, 3.8) is 0 Å². The van der Waals surface area contributed by atoms with Gasteiger partial charge in [-0.2, -0.15) is 0 Å². The number of hydrogen-bond acceptors (Lipinski definition) is 3. The summed E-state index contributed by atoms with van der Waals surface area (Å²) in [6.45, 7) is 0.941. The maximum atomic E-state index is 12.1. The lowest BCUT2D eigenvalue weighted by atomic mass is 9.98. The maximum Gasteiger partial charge on any atom is 0.317 e. The smallest absolute Gasteiger partial charge is 0.317 e. The third kappa shape index (κ3) is 5.46. The summed E-state index contributed by atoms with van der Waals surface area (Å²) in [5, 5.41) is 13.9. The number of aliphatic carboxylic acids is 1. The summed E-state index contributed by atoms with van der Waals surface area (Å²) >= 11 is 0. The van der Waals surface area contributed by atoms with Crippen LogP contribution < -0.4 is 10.6 Å². The third-order valence-electron chi connectivity index (χ3n) is 3.49. The Morgan fingerprint density at radius 1 is 1.25 bits per heavy atom. The number of carbonyl (C=O) groups is 3. The minimum Gasteiger partial charge on any atom is -0.481 e. The number of carbonyl (C=O) groups excluding carboxylic acids is 2. The van der Waals surface area contributed by atoms with E-state index in [0.717, 1.165) is 19.3 Å². The monoisotopic (exact) mass is 285 g/mol. The van der Waals surface area contributed by atoms with Gasteiger partial charge in [-0.1, -0.05) is 0 Å². The second kappa shape index (κ2) is 8.39. The summed E-state index contributed by atoms with van der Waals surface area (Å²) in [5.74, 6) is -0.957. The summed E-state index contributed by atoms with van der Waals surface area (Å²) in [6, 6.07) is -0.219. The quantitative estimate of drug-likeness (QED) is 0.663. The number of hydrogen-bond donors (Lipinski definition) is 3. The molecule has 1 aliphatic heterocycles. The molecule has 1 fully saturated rings. The fourth-order valence-corrected chi connectivity index (χ4v) is 2.37. The SMILES string of the molecule is CNC(=O)CCNC(=O)N1CCCCC1CCC(=O)O. The van der Waals surface area contributed by atoms with Crippen LogP contribution in [0.5, 0.6) is 0 Å². The van der Waals surface area contributed by atoms with E-state index < -0.39 is 5.97 Å². The lowest BCUT2D eigenvalue weighted by molar-refractivity contribution is -0.137. The Balaban J connectivity index is 2.41. The predicted molar refractivity (Wildman–Crippen MR) is 73.3 cm³/mol. The number of likely N-dealkylation sites (tertiary alicyclic amines) is 1. The predicted octanol–water partition coefficient (Wildman–Crippen LogP) is 0.551. The second-order valence-corrected chi connectivity index (χ2v) is 4.93. The average Bonchev–Trinajstić information content (AvgIpc) is 2.45. The number of carboxylic acids is 1. The molecule has 20 heavy (non-hydrogen) atoms. The van der Waals surface area contributed by atoms with Gasteiger partial charge < -0.3 is 20.6 Å². The van der Waals surface area contributed by atoms with E-state index in [-0.39, 0.29) is 30.8 Å². The van der Waals surface area contributed by atoms with Gasteiger partial charge in [-0.15, -0.1) is 0 Å². The van der Waals surface area contributed by atoms with Gasteiger partial charge >= 0.3 is 12.0 Å². The molecule has 0 radical (unpaired) electrons. The van der Waals surface area contributed by atoms with Crippen LogP contribution in [0.1, 0.15) is 38.5 Å². The zero-order chi connectivity index (χ0) is 15.0. The van der Waals surface area contributed by atoms with Gasteiger partial charge in [-0.05, 0) is 25.7 Å². The molecule has 0 aromatic heterocycles.